The molecule has 2 aromatic carbocycles. The van der Waals surface area contributed by atoms with Crippen LogP contribution < -0.4 is 14.7 Å². The van der Waals surface area contributed by atoms with Crippen LogP contribution in [0.1, 0.15) is 0 Å². The summed E-state index contributed by atoms with van der Waals surface area (Å²) in [6, 6.07) is 18.5. The zero-order valence-electron chi connectivity index (χ0n) is 16.2. The number of hydrogen-bond donors (Lipinski definition) is 1. The van der Waals surface area contributed by atoms with E-state index < -0.39 is 0 Å². The molecule has 6 heteroatoms. The normalized spacial score (nSPS) is 18.4. The molecule has 0 spiro atoms. The van der Waals surface area contributed by atoms with Crippen molar-refractivity contribution in [3.63, 3.8) is 0 Å². The van der Waals surface area contributed by atoms with E-state index in [1.54, 1.807) is 0 Å². The van der Waals surface area contributed by atoms with Gasteiger partial charge in [0.15, 0.2) is 6.54 Å². The van der Waals surface area contributed by atoms with Crippen LogP contribution >= 0.6 is 11.6 Å². The second-order valence-corrected chi connectivity index (χ2v) is 7.98. The van der Waals surface area contributed by atoms with E-state index in [2.05, 4.69) is 46.2 Å². The maximum atomic E-state index is 12.8. The van der Waals surface area contributed by atoms with Gasteiger partial charge in [-0.05, 0) is 24.3 Å². The minimum Gasteiger partial charge on any atom is -0.367 e. The number of carbonyl (C=O) groups excluding carboxylic acids is 1. The number of nitrogens with zero attached hydrogens (tertiary/aromatic N) is 3. The van der Waals surface area contributed by atoms with Gasteiger partial charge in [0.1, 0.15) is 0 Å². The lowest BCUT2D eigenvalue weighted by atomic mass is 10.2. The fraction of sp³-hybridized carbons (Fsp3) is 0.409. The summed E-state index contributed by atoms with van der Waals surface area (Å²) >= 11 is 6.31. The molecule has 0 aliphatic carbocycles. The van der Waals surface area contributed by atoms with E-state index in [-0.39, 0.29) is 5.91 Å². The fourth-order valence-corrected chi connectivity index (χ4v) is 4.38. The van der Waals surface area contributed by atoms with E-state index in [0.717, 1.165) is 63.1 Å². The molecule has 5 nitrogen and oxygen atoms in total. The maximum absolute atomic E-state index is 12.8. The molecular weight excluding hydrogens is 372 g/mol. The number of hydrogen-bond acceptors (Lipinski definition) is 3. The number of halogens is 1. The van der Waals surface area contributed by atoms with Gasteiger partial charge in [0.05, 0.1) is 36.9 Å². The highest BCUT2D eigenvalue weighted by molar-refractivity contribution is 6.33. The van der Waals surface area contributed by atoms with Gasteiger partial charge in [0.25, 0.3) is 5.91 Å². The van der Waals surface area contributed by atoms with Crippen molar-refractivity contribution < 1.29 is 9.69 Å². The molecule has 2 aliphatic rings. The molecule has 2 saturated heterocycles. The quantitative estimate of drug-likeness (QED) is 0.843. The van der Waals surface area contributed by atoms with Gasteiger partial charge in [-0.25, -0.2) is 0 Å². The van der Waals surface area contributed by atoms with Crippen LogP contribution in [-0.2, 0) is 4.79 Å². The van der Waals surface area contributed by atoms with Gasteiger partial charge in [-0.2, -0.15) is 0 Å². The van der Waals surface area contributed by atoms with Crippen molar-refractivity contribution in [2.24, 2.45) is 0 Å². The lowest BCUT2D eigenvalue weighted by Gasteiger charge is -2.38. The first-order valence-electron chi connectivity index (χ1n) is 10.1. The number of nitrogens with one attached hydrogen (secondary N) is 1. The van der Waals surface area contributed by atoms with Gasteiger partial charge >= 0.3 is 0 Å². The van der Waals surface area contributed by atoms with Crippen molar-refractivity contribution in [3.8, 4) is 0 Å². The van der Waals surface area contributed by atoms with Crippen LogP contribution in [0, 0.1) is 0 Å². The number of rotatable bonds is 4. The summed E-state index contributed by atoms with van der Waals surface area (Å²) in [5, 5.41) is 0.781. The Morgan fingerprint density at radius 2 is 1.46 bits per heavy atom. The number of benzene rings is 2. The van der Waals surface area contributed by atoms with Crippen molar-refractivity contribution in [2.75, 3.05) is 68.7 Å². The summed E-state index contributed by atoms with van der Waals surface area (Å²) in [7, 11) is 0. The van der Waals surface area contributed by atoms with Crippen LogP contribution in [0.3, 0.4) is 0 Å². The highest BCUT2D eigenvalue weighted by atomic mass is 35.5. The zero-order valence-corrected chi connectivity index (χ0v) is 16.9. The Bertz CT molecular complexity index is 784. The molecular formula is C22H28ClN4O+. The number of anilines is 2. The number of amides is 1. The molecule has 1 amide bonds. The first kappa shape index (κ1) is 19.1. The third-order valence-corrected chi connectivity index (χ3v) is 6.14. The molecule has 28 heavy (non-hydrogen) atoms. The van der Waals surface area contributed by atoms with Crippen LogP contribution in [0.25, 0.3) is 0 Å². The van der Waals surface area contributed by atoms with Gasteiger partial charge in [0.2, 0.25) is 0 Å². The van der Waals surface area contributed by atoms with Crippen LogP contribution in [-0.4, -0.2) is 69.7 Å². The Kier molecular flexibility index (Phi) is 6.03. The van der Waals surface area contributed by atoms with Crippen molar-refractivity contribution >= 4 is 28.9 Å². The molecule has 148 valence electrons. The molecule has 2 aromatic rings. The topological polar surface area (TPSA) is 31.2 Å². The van der Waals surface area contributed by atoms with Gasteiger partial charge in [-0.3, -0.25) is 4.79 Å². The van der Waals surface area contributed by atoms with E-state index in [1.807, 2.05) is 23.1 Å². The van der Waals surface area contributed by atoms with E-state index in [4.69, 9.17) is 11.6 Å². The van der Waals surface area contributed by atoms with Crippen molar-refractivity contribution in [1.29, 1.82) is 0 Å². The first-order valence-corrected chi connectivity index (χ1v) is 10.5. The minimum atomic E-state index is 0.280. The zero-order chi connectivity index (χ0) is 19.3. The maximum Gasteiger partial charge on any atom is 0.277 e. The van der Waals surface area contributed by atoms with Crippen molar-refractivity contribution in [3.05, 3.63) is 59.6 Å². The monoisotopic (exact) mass is 399 g/mol. The largest absolute Gasteiger partial charge is 0.367 e. The lowest BCUT2D eigenvalue weighted by molar-refractivity contribution is -0.892. The van der Waals surface area contributed by atoms with Gasteiger partial charge in [-0.1, -0.05) is 41.9 Å². The number of carbonyl (C=O) groups is 1. The molecule has 0 saturated carbocycles. The Labute approximate surface area is 172 Å². The Morgan fingerprint density at radius 3 is 2.14 bits per heavy atom. The Morgan fingerprint density at radius 1 is 0.821 bits per heavy atom. The lowest BCUT2D eigenvalue weighted by Crippen LogP contribution is -3.16. The summed E-state index contributed by atoms with van der Waals surface area (Å²) in [4.78, 5) is 20.9. The summed E-state index contributed by atoms with van der Waals surface area (Å²) in [5.41, 5.74) is 2.35. The summed E-state index contributed by atoms with van der Waals surface area (Å²) in [6.07, 6.45) is 0. The molecule has 2 heterocycles. The fourth-order valence-electron chi connectivity index (χ4n) is 4.13. The Balaban J connectivity index is 1.24. The molecule has 0 radical (unpaired) electrons. The molecule has 1 N–H and O–H groups in total. The standard InChI is InChI=1S/C22H27ClN4O/c23-20-8-4-5-9-21(20)26-14-16-27(17-15-26)22(28)18-24-10-12-25(13-11-24)19-6-2-1-3-7-19/h1-9H,10-18H2/p+1. The predicted octanol–water partition coefficient (Wildman–Crippen LogP) is 1.39. The molecule has 0 unspecified atom stereocenters. The second kappa shape index (κ2) is 8.84. The SMILES string of the molecule is O=C(C[NH+]1CCN(c2ccccc2)CC1)N1CCN(c2ccccc2Cl)CC1. The third-order valence-electron chi connectivity index (χ3n) is 5.82. The number of piperazine rings is 2. The predicted molar refractivity (Wildman–Crippen MR) is 114 cm³/mol. The molecule has 0 atom stereocenters. The second-order valence-electron chi connectivity index (χ2n) is 7.57. The molecule has 2 fully saturated rings. The number of quaternary nitrogens is 1. The van der Waals surface area contributed by atoms with Gasteiger partial charge in [0, 0.05) is 31.9 Å². The van der Waals surface area contributed by atoms with Gasteiger partial charge < -0.3 is 19.6 Å². The molecule has 2 aliphatic heterocycles. The average molecular weight is 400 g/mol. The average Bonchev–Trinajstić information content (AvgIpc) is 2.75. The summed E-state index contributed by atoms with van der Waals surface area (Å²) in [5.74, 6) is 0.280. The van der Waals surface area contributed by atoms with Crippen LogP contribution in [0.5, 0.6) is 0 Å². The minimum absolute atomic E-state index is 0.280. The van der Waals surface area contributed by atoms with Crippen LogP contribution in [0.2, 0.25) is 5.02 Å². The Hall–Kier alpha value is -2.24. The van der Waals surface area contributed by atoms with E-state index in [1.165, 1.54) is 10.6 Å². The van der Waals surface area contributed by atoms with E-state index in [0.29, 0.717) is 6.54 Å². The smallest absolute Gasteiger partial charge is 0.277 e. The molecule has 4 rings (SSSR count). The highest BCUT2D eigenvalue weighted by Gasteiger charge is 2.27. The highest BCUT2D eigenvalue weighted by Crippen LogP contribution is 2.25. The first-order chi connectivity index (χ1) is 13.7. The van der Waals surface area contributed by atoms with Crippen LogP contribution in [0.15, 0.2) is 54.6 Å². The molecule has 0 bridgehead atoms. The van der Waals surface area contributed by atoms with Gasteiger partial charge in [-0.15, -0.1) is 0 Å². The third kappa shape index (κ3) is 4.42. The van der Waals surface area contributed by atoms with Crippen molar-refractivity contribution in [1.82, 2.24) is 4.90 Å². The number of para-hydroxylation sites is 2. The van der Waals surface area contributed by atoms with E-state index in [9.17, 15) is 4.79 Å². The van der Waals surface area contributed by atoms with Crippen LogP contribution in [0.4, 0.5) is 11.4 Å². The molecule has 0 aromatic heterocycles. The van der Waals surface area contributed by atoms with Crippen molar-refractivity contribution in [2.45, 2.75) is 0 Å². The summed E-state index contributed by atoms with van der Waals surface area (Å²) in [6.45, 7) is 7.87. The van der Waals surface area contributed by atoms with E-state index >= 15 is 0 Å². The summed E-state index contributed by atoms with van der Waals surface area (Å²) < 4.78 is 0.